The van der Waals surface area contributed by atoms with Crippen LogP contribution in [0, 0.1) is 13.8 Å². The van der Waals surface area contributed by atoms with Gasteiger partial charge >= 0.3 is 0 Å². The summed E-state index contributed by atoms with van der Waals surface area (Å²) in [5.41, 5.74) is 5.74. The van der Waals surface area contributed by atoms with Gasteiger partial charge in [0.25, 0.3) is 0 Å². The number of aryl methyl sites for hydroxylation is 3. The first-order valence-electron chi connectivity index (χ1n) is 9.62. The first-order valence-corrected chi connectivity index (χ1v) is 10.9. The minimum Gasteiger partial charge on any atom is -0.337 e. The standard InChI is InChI=1S/C23H23ClN4S/c1-17-4-5-18(2)21(14-17)26-23-28(12-3-11-27-13-10-25-16-27)22(15-29-23)19-6-8-20(24)9-7-19/h4-10,13-16H,3,11-12H2,1-2H3. The van der Waals surface area contributed by atoms with Crippen molar-refractivity contribution in [2.24, 2.45) is 4.99 Å². The van der Waals surface area contributed by atoms with Crippen LogP contribution in [0.25, 0.3) is 11.3 Å². The van der Waals surface area contributed by atoms with Gasteiger partial charge in [0.05, 0.1) is 17.7 Å². The van der Waals surface area contributed by atoms with Gasteiger partial charge in [0.15, 0.2) is 4.80 Å². The molecular formula is C23H23ClN4S. The zero-order valence-electron chi connectivity index (χ0n) is 16.5. The molecule has 0 fully saturated rings. The molecule has 2 aromatic carbocycles. The number of nitrogens with zero attached hydrogens (tertiary/aromatic N) is 4. The maximum Gasteiger partial charge on any atom is 0.190 e. The van der Waals surface area contributed by atoms with Crippen molar-refractivity contribution in [1.82, 2.24) is 14.1 Å². The maximum atomic E-state index is 6.09. The number of imidazole rings is 1. The Labute approximate surface area is 179 Å². The molecule has 29 heavy (non-hydrogen) atoms. The summed E-state index contributed by atoms with van der Waals surface area (Å²) < 4.78 is 4.42. The molecule has 2 aromatic heterocycles. The van der Waals surface area contributed by atoms with E-state index in [0.29, 0.717) is 0 Å². The minimum atomic E-state index is 0.746. The quantitative estimate of drug-likeness (QED) is 0.375. The van der Waals surface area contributed by atoms with Crippen molar-refractivity contribution < 1.29 is 0 Å². The molecule has 0 aliphatic carbocycles. The summed E-state index contributed by atoms with van der Waals surface area (Å²) in [6.45, 7) is 6.01. The van der Waals surface area contributed by atoms with Gasteiger partial charge in [-0.2, -0.15) is 0 Å². The van der Waals surface area contributed by atoms with Gasteiger partial charge in [-0.25, -0.2) is 9.98 Å². The second kappa shape index (κ2) is 8.80. The minimum absolute atomic E-state index is 0.746. The molecular weight excluding hydrogens is 400 g/mol. The van der Waals surface area contributed by atoms with Crippen molar-refractivity contribution in [2.45, 2.75) is 33.4 Å². The van der Waals surface area contributed by atoms with E-state index in [9.17, 15) is 0 Å². The van der Waals surface area contributed by atoms with Crippen LogP contribution in [0.1, 0.15) is 17.5 Å². The third kappa shape index (κ3) is 4.69. The Morgan fingerprint density at radius 2 is 1.90 bits per heavy atom. The Balaban J connectivity index is 1.73. The fraction of sp³-hybridized carbons (Fsp3) is 0.217. The van der Waals surface area contributed by atoms with Crippen molar-refractivity contribution in [1.29, 1.82) is 0 Å². The normalized spacial score (nSPS) is 11.9. The first kappa shape index (κ1) is 19.7. The second-order valence-electron chi connectivity index (χ2n) is 7.12. The van der Waals surface area contributed by atoms with Gasteiger partial charge in [-0.3, -0.25) is 0 Å². The molecule has 0 aliphatic heterocycles. The van der Waals surface area contributed by atoms with E-state index >= 15 is 0 Å². The number of halogens is 1. The van der Waals surface area contributed by atoms with Gasteiger partial charge in [0.1, 0.15) is 0 Å². The van der Waals surface area contributed by atoms with Gasteiger partial charge in [-0.05, 0) is 55.2 Å². The van der Waals surface area contributed by atoms with Crippen LogP contribution >= 0.6 is 22.9 Å². The Hall–Kier alpha value is -2.63. The van der Waals surface area contributed by atoms with Crippen molar-refractivity contribution in [3.8, 4) is 11.3 Å². The fourth-order valence-corrected chi connectivity index (χ4v) is 4.33. The van der Waals surface area contributed by atoms with Crippen LogP contribution in [0.15, 0.2) is 71.6 Å². The topological polar surface area (TPSA) is 35.1 Å². The number of benzene rings is 2. The van der Waals surface area contributed by atoms with Crippen LogP contribution in [-0.4, -0.2) is 14.1 Å². The molecule has 0 amide bonds. The molecule has 6 heteroatoms. The van der Waals surface area contributed by atoms with E-state index in [1.807, 2.05) is 30.9 Å². The van der Waals surface area contributed by atoms with E-state index in [4.69, 9.17) is 16.6 Å². The number of hydrogen-bond acceptors (Lipinski definition) is 3. The highest BCUT2D eigenvalue weighted by Crippen LogP contribution is 2.24. The summed E-state index contributed by atoms with van der Waals surface area (Å²) in [7, 11) is 0. The lowest BCUT2D eigenvalue weighted by atomic mass is 10.1. The first-order chi connectivity index (χ1) is 14.1. The SMILES string of the molecule is Cc1ccc(C)c(N=c2scc(-c3ccc(Cl)cc3)n2CCCn2ccnc2)c1. The highest BCUT2D eigenvalue weighted by atomic mass is 35.5. The average Bonchev–Trinajstić information content (AvgIpc) is 3.36. The number of hydrogen-bond donors (Lipinski definition) is 0. The molecule has 0 bridgehead atoms. The molecule has 0 aliphatic rings. The third-order valence-electron chi connectivity index (χ3n) is 4.88. The molecule has 0 unspecified atom stereocenters. The molecule has 0 radical (unpaired) electrons. The Kier molecular flexibility index (Phi) is 5.97. The average molecular weight is 423 g/mol. The van der Waals surface area contributed by atoms with Crippen LogP contribution in [0.2, 0.25) is 5.02 Å². The van der Waals surface area contributed by atoms with Gasteiger partial charge in [0, 0.05) is 35.9 Å². The smallest absolute Gasteiger partial charge is 0.190 e. The number of aromatic nitrogens is 3. The van der Waals surface area contributed by atoms with E-state index in [1.165, 1.54) is 16.8 Å². The predicted octanol–water partition coefficient (Wildman–Crippen LogP) is 6.01. The van der Waals surface area contributed by atoms with E-state index < -0.39 is 0 Å². The molecule has 4 aromatic rings. The zero-order valence-corrected chi connectivity index (χ0v) is 18.1. The Morgan fingerprint density at radius 1 is 1.07 bits per heavy atom. The van der Waals surface area contributed by atoms with Crippen molar-refractivity contribution >= 4 is 28.6 Å². The largest absolute Gasteiger partial charge is 0.337 e. The Morgan fingerprint density at radius 3 is 2.66 bits per heavy atom. The third-order valence-corrected chi connectivity index (χ3v) is 5.99. The summed E-state index contributed by atoms with van der Waals surface area (Å²) >= 11 is 7.77. The molecule has 0 saturated heterocycles. The molecule has 2 heterocycles. The molecule has 0 spiro atoms. The molecule has 4 rings (SSSR count). The van der Waals surface area contributed by atoms with Gasteiger partial charge in [-0.15, -0.1) is 11.3 Å². The van der Waals surface area contributed by atoms with E-state index in [2.05, 4.69) is 63.7 Å². The van der Waals surface area contributed by atoms with Crippen LogP contribution in [0.4, 0.5) is 5.69 Å². The Bertz CT molecular complexity index is 1150. The van der Waals surface area contributed by atoms with E-state index in [1.54, 1.807) is 11.3 Å². The van der Waals surface area contributed by atoms with E-state index in [0.717, 1.165) is 40.6 Å². The number of rotatable bonds is 6. The van der Waals surface area contributed by atoms with Crippen molar-refractivity contribution in [2.75, 3.05) is 0 Å². The summed E-state index contributed by atoms with van der Waals surface area (Å²) in [6.07, 6.45) is 6.67. The van der Waals surface area contributed by atoms with Crippen LogP contribution in [0.3, 0.4) is 0 Å². The second-order valence-corrected chi connectivity index (χ2v) is 8.39. The highest BCUT2D eigenvalue weighted by Gasteiger charge is 2.09. The van der Waals surface area contributed by atoms with Gasteiger partial charge < -0.3 is 9.13 Å². The van der Waals surface area contributed by atoms with Gasteiger partial charge in [-0.1, -0.05) is 35.9 Å². The number of thiazole rings is 1. The summed E-state index contributed by atoms with van der Waals surface area (Å²) in [6, 6.07) is 14.4. The van der Waals surface area contributed by atoms with Crippen LogP contribution < -0.4 is 4.80 Å². The van der Waals surface area contributed by atoms with Crippen LogP contribution in [-0.2, 0) is 13.1 Å². The van der Waals surface area contributed by atoms with Gasteiger partial charge in [0.2, 0.25) is 0 Å². The molecule has 0 atom stereocenters. The fourth-order valence-electron chi connectivity index (χ4n) is 3.26. The van der Waals surface area contributed by atoms with Crippen molar-refractivity contribution in [3.63, 3.8) is 0 Å². The van der Waals surface area contributed by atoms with E-state index in [-0.39, 0.29) is 0 Å². The molecule has 4 nitrogen and oxygen atoms in total. The van der Waals surface area contributed by atoms with Crippen LogP contribution in [0.5, 0.6) is 0 Å². The molecule has 0 N–H and O–H groups in total. The molecule has 148 valence electrons. The monoisotopic (exact) mass is 422 g/mol. The summed E-state index contributed by atoms with van der Waals surface area (Å²) in [5, 5.41) is 2.93. The summed E-state index contributed by atoms with van der Waals surface area (Å²) in [5.74, 6) is 0. The summed E-state index contributed by atoms with van der Waals surface area (Å²) in [4.78, 5) is 10.2. The predicted molar refractivity (Wildman–Crippen MR) is 121 cm³/mol. The maximum absolute atomic E-state index is 6.09. The highest BCUT2D eigenvalue weighted by molar-refractivity contribution is 7.07. The lowest BCUT2D eigenvalue weighted by Crippen LogP contribution is -2.17. The zero-order chi connectivity index (χ0) is 20.2. The van der Waals surface area contributed by atoms with Crippen molar-refractivity contribution in [3.05, 3.63) is 87.5 Å². The molecule has 0 saturated carbocycles. The lowest BCUT2D eigenvalue weighted by Gasteiger charge is -2.10. The lowest BCUT2D eigenvalue weighted by molar-refractivity contribution is 0.559.